The zero-order chi connectivity index (χ0) is 14.8. The van der Waals surface area contributed by atoms with Crippen molar-refractivity contribution in [3.05, 3.63) is 28.2 Å². The molecule has 1 aliphatic heterocycles. The Labute approximate surface area is 134 Å². The van der Waals surface area contributed by atoms with Gasteiger partial charge in [0.15, 0.2) is 0 Å². The molecule has 2 N–H and O–H groups in total. The molecule has 2 atom stereocenters. The highest BCUT2D eigenvalue weighted by atomic mass is 79.9. The number of benzene rings is 1. The first kappa shape index (κ1) is 15.3. The van der Waals surface area contributed by atoms with Gasteiger partial charge in [0.25, 0.3) is 0 Å². The molecule has 1 aliphatic carbocycles. The number of anilines is 1. The van der Waals surface area contributed by atoms with Crippen molar-refractivity contribution in [1.29, 1.82) is 0 Å². The summed E-state index contributed by atoms with van der Waals surface area (Å²) in [6.45, 7) is 4.65. The molecule has 0 bridgehead atoms. The minimum atomic E-state index is -0.100. The third-order valence-corrected chi connectivity index (χ3v) is 4.57. The van der Waals surface area contributed by atoms with E-state index in [1.54, 1.807) is 0 Å². The molecule has 5 heteroatoms. The van der Waals surface area contributed by atoms with E-state index in [2.05, 4.69) is 51.3 Å². The maximum absolute atomic E-state index is 9.41. The Morgan fingerprint density at radius 2 is 2.19 bits per heavy atom. The molecule has 1 aromatic carbocycles. The molecule has 2 fully saturated rings. The van der Waals surface area contributed by atoms with Gasteiger partial charge in [0, 0.05) is 35.8 Å². The van der Waals surface area contributed by atoms with Gasteiger partial charge in [0.2, 0.25) is 0 Å². The molecule has 4 nitrogen and oxygen atoms in total. The average Bonchev–Trinajstić information content (AvgIpc) is 3.29. The third kappa shape index (κ3) is 3.97. The Balaban J connectivity index is 1.79. The van der Waals surface area contributed by atoms with Crippen LogP contribution in [0.4, 0.5) is 5.69 Å². The third-order valence-electron chi connectivity index (χ3n) is 4.08. The van der Waals surface area contributed by atoms with Crippen LogP contribution in [0.15, 0.2) is 22.7 Å². The van der Waals surface area contributed by atoms with Crippen LogP contribution in [0.2, 0.25) is 0 Å². The van der Waals surface area contributed by atoms with Gasteiger partial charge in [-0.1, -0.05) is 22.0 Å². The molecule has 2 unspecified atom stereocenters. The van der Waals surface area contributed by atoms with E-state index in [4.69, 9.17) is 4.74 Å². The first-order valence-electron chi connectivity index (χ1n) is 7.69. The van der Waals surface area contributed by atoms with E-state index in [1.165, 1.54) is 24.1 Å². The summed E-state index contributed by atoms with van der Waals surface area (Å²) in [6, 6.07) is 7.16. The van der Waals surface area contributed by atoms with Gasteiger partial charge in [0.1, 0.15) is 0 Å². The fraction of sp³-hybridized carbons (Fsp3) is 0.625. The lowest BCUT2D eigenvalue weighted by Gasteiger charge is -2.38. The summed E-state index contributed by atoms with van der Waals surface area (Å²) < 4.78 is 6.84. The van der Waals surface area contributed by atoms with Gasteiger partial charge < -0.3 is 20.1 Å². The van der Waals surface area contributed by atoms with Crippen molar-refractivity contribution in [2.24, 2.45) is 0 Å². The summed E-state index contributed by atoms with van der Waals surface area (Å²) in [5.74, 6) is 0. The van der Waals surface area contributed by atoms with E-state index in [9.17, 15) is 5.11 Å². The highest BCUT2D eigenvalue weighted by molar-refractivity contribution is 9.10. The second-order valence-corrected chi connectivity index (χ2v) is 7.00. The maximum atomic E-state index is 9.41. The van der Waals surface area contributed by atoms with Crippen LogP contribution in [0.3, 0.4) is 0 Å². The van der Waals surface area contributed by atoms with Crippen LogP contribution in [-0.4, -0.2) is 43.1 Å². The predicted octanol–water partition coefficient (Wildman–Crippen LogP) is 2.29. The van der Waals surface area contributed by atoms with E-state index in [-0.39, 0.29) is 18.8 Å². The average molecular weight is 355 g/mol. The molecule has 1 saturated heterocycles. The highest BCUT2D eigenvalue weighted by Crippen LogP contribution is 2.29. The van der Waals surface area contributed by atoms with Crippen LogP contribution in [0.1, 0.15) is 25.3 Å². The molecule has 1 saturated carbocycles. The van der Waals surface area contributed by atoms with E-state index in [0.29, 0.717) is 6.04 Å². The van der Waals surface area contributed by atoms with E-state index >= 15 is 0 Å². The minimum Gasteiger partial charge on any atom is -0.394 e. The molecule has 3 rings (SSSR count). The van der Waals surface area contributed by atoms with Gasteiger partial charge in [0.05, 0.1) is 18.8 Å². The first-order valence-corrected chi connectivity index (χ1v) is 8.48. The lowest BCUT2D eigenvalue weighted by molar-refractivity contribution is -0.0421. The van der Waals surface area contributed by atoms with Crippen molar-refractivity contribution in [3.8, 4) is 0 Å². The second-order valence-electron chi connectivity index (χ2n) is 6.08. The van der Waals surface area contributed by atoms with Crippen LogP contribution in [0, 0.1) is 0 Å². The Morgan fingerprint density at radius 1 is 1.38 bits per heavy atom. The zero-order valence-electron chi connectivity index (χ0n) is 12.4. The van der Waals surface area contributed by atoms with Crippen LogP contribution in [0.25, 0.3) is 0 Å². The van der Waals surface area contributed by atoms with E-state index < -0.39 is 0 Å². The summed E-state index contributed by atoms with van der Waals surface area (Å²) in [6.07, 6.45) is 2.64. The second kappa shape index (κ2) is 6.65. The van der Waals surface area contributed by atoms with Crippen molar-refractivity contribution >= 4 is 21.6 Å². The van der Waals surface area contributed by atoms with Gasteiger partial charge in [-0.05, 0) is 37.5 Å². The van der Waals surface area contributed by atoms with Crippen molar-refractivity contribution in [2.45, 2.75) is 44.6 Å². The van der Waals surface area contributed by atoms with Crippen LogP contribution >= 0.6 is 15.9 Å². The van der Waals surface area contributed by atoms with Crippen molar-refractivity contribution in [2.75, 3.05) is 24.6 Å². The molecule has 0 aromatic heterocycles. The summed E-state index contributed by atoms with van der Waals surface area (Å²) in [4.78, 5) is 2.34. The maximum Gasteiger partial charge on any atom is 0.0984 e. The monoisotopic (exact) mass is 354 g/mol. The summed E-state index contributed by atoms with van der Waals surface area (Å²) in [7, 11) is 0. The zero-order valence-corrected chi connectivity index (χ0v) is 14.0. The number of nitrogens with one attached hydrogen (secondary N) is 1. The summed E-state index contributed by atoms with van der Waals surface area (Å²) >= 11 is 3.57. The number of ether oxygens (including phenoxy) is 1. The molecule has 1 heterocycles. The Hall–Kier alpha value is -0.620. The first-order chi connectivity index (χ1) is 10.2. The Morgan fingerprint density at radius 3 is 2.90 bits per heavy atom. The number of aliphatic hydroxyl groups is 1. The number of halogens is 1. The van der Waals surface area contributed by atoms with Crippen LogP contribution in [-0.2, 0) is 11.3 Å². The number of rotatable bonds is 5. The van der Waals surface area contributed by atoms with Crippen molar-refractivity contribution < 1.29 is 9.84 Å². The lowest BCUT2D eigenvalue weighted by Crippen LogP contribution is -2.48. The van der Waals surface area contributed by atoms with Crippen molar-refractivity contribution in [1.82, 2.24) is 5.32 Å². The smallest absolute Gasteiger partial charge is 0.0984 e. The van der Waals surface area contributed by atoms with E-state index in [0.717, 1.165) is 24.1 Å². The molecule has 0 radical (unpaired) electrons. The number of hydrogen-bond acceptors (Lipinski definition) is 4. The molecule has 1 aromatic rings. The van der Waals surface area contributed by atoms with Gasteiger partial charge in [-0.15, -0.1) is 0 Å². The molecule has 116 valence electrons. The van der Waals surface area contributed by atoms with Gasteiger partial charge in [-0.25, -0.2) is 0 Å². The summed E-state index contributed by atoms with van der Waals surface area (Å²) in [5, 5.41) is 13.0. The normalized spacial score (nSPS) is 26.1. The predicted molar refractivity (Wildman–Crippen MR) is 87.6 cm³/mol. The van der Waals surface area contributed by atoms with Crippen molar-refractivity contribution in [3.63, 3.8) is 0 Å². The number of morpholine rings is 1. The standard InChI is InChI=1S/C16H23BrN2O2/c1-11-8-19(9-15(10-20)21-11)16-6-13(17)3-2-12(16)7-18-14-4-5-14/h2-3,6,11,14-15,18,20H,4-5,7-10H2,1H3. The van der Waals surface area contributed by atoms with Gasteiger partial charge in [-0.2, -0.15) is 0 Å². The molecule has 2 aliphatic rings. The molecular formula is C16H23BrN2O2. The quantitative estimate of drug-likeness (QED) is 0.851. The number of hydrogen-bond donors (Lipinski definition) is 2. The molecule has 0 amide bonds. The van der Waals surface area contributed by atoms with Crippen LogP contribution < -0.4 is 10.2 Å². The molecule has 0 spiro atoms. The fourth-order valence-corrected chi connectivity index (χ4v) is 3.21. The molecule has 21 heavy (non-hydrogen) atoms. The topological polar surface area (TPSA) is 44.7 Å². The fourth-order valence-electron chi connectivity index (χ4n) is 2.87. The molecular weight excluding hydrogens is 332 g/mol. The Bertz CT molecular complexity index is 493. The van der Waals surface area contributed by atoms with Gasteiger partial charge in [-0.3, -0.25) is 0 Å². The lowest BCUT2D eigenvalue weighted by atomic mass is 10.1. The highest BCUT2D eigenvalue weighted by Gasteiger charge is 2.27. The minimum absolute atomic E-state index is 0.0739. The number of nitrogens with zero attached hydrogens (tertiary/aromatic N) is 1. The van der Waals surface area contributed by atoms with Crippen LogP contribution in [0.5, 0.6) is 0 Å². The van der Waals surface area contributed by atoms with Gasteiger partial charge >= 0.3 is 0 Å². The summed E-state index contributed by atoms with van der Waals surface area (Å²) in [5.41, 5.74) is 2.56. The SMILES string of the molecule is CC1CN(c2cc(Br)ccc2CNC2CC2)CC(CO)O1. The van der Waals surface area contributed by atoms with E-state index in [1.807, 2.05) is 0 Å². The largest absolute Gasteiger partial charge is 0.394 e. The number of aliphatic hydroxyl groups excluding tert-OH is 1. The Kier molecular flexibility index (Phi) is 4.84.